The molecule has 0 N–H and O–H groups in total. The minimum atomic E-state index is -3.60. The quantitative estimate of drug-likeness (QED) is 0.541. The monoisotopic (exact) mass is 496 g/mol. The summed E-state index contributed by atoms with van der Waals surface area (Å²) in [5.41, 5.74) is 2.17. The number of carbonyl (C=O) groups excluding carboxylic acids is 1. The van der Waals surface area contributed by atoms with E-state index in [1.54, 1.807) is 25.2 Å². The van der Waals surface area contributed by atoms with Crippen molar-refractivity contribution in [2.45, 2.75) is 23.6 Å². The summed E-state index contributed by atoms with van der Waals surface area (Å²) in [5, 5.41) is 0. The SMILES string of the molecule is CN(Cc1nc2cc(C(=O)N3CCCC3)ccc2n1C)S(=O)(=O)c1ccc(Br)s1. The molecule has 154 valence electrons. The highest BCUT2D eigenvalue weighted by molar-refractivity contribution is 9.11. The molecule has 29 heavy (non-hydrogen) atoms. The zero-order valence-corrected chi connectivity index (χ0v) is 19.3. The van der Waals surface area contributed by atoms with Gasteiger partial charge in [-0.1, -0.05) is 0 Å². The van der Waals surface area contributed by atoms with Crippen molar-refractivity contribution in [1.82, 2.24) is 18.8 Å². The molecule has 1 aliphatic heterocycles. The predicted octanol–water partition coefficient (Wildman–Crippen LogP) is 3.45. The Labute approximate surface area is 182 Å². The topological polar surface area (TPSA) is 75.5 Å². The van der Waals surface area contributed by atoms with E-state index in [4.69, 9.17) is 0 Å². The number of imidazole rings is 1. The Morgan fingerprint density at radius 1 is 1.24 bits per heavy atom. The van der Waals surface area contributed by atoms with Gasteiger partial charge in [0.15, 0.2) is 0 Å². The van der Waals surface area contributed by atoms with E-state index >= 15 is 0 Å². The van der Waals surface area contributed by atoms with E-state index in [0.29, 0.717) is 16.9 Å². The highest BCUT2D eigenvalue weighted by Crippen LogP contribution is 2.29. The highest BCUT2D eigenvalue weighted by atomic mass is 79.9. The second-order valence-electron chi connectivity index (χ2n) is 7.11. The van der Waals surface area contributed by atoms with Crippen LogP contribution < -0.4 is 0 Å². The summed E-state index contributed by atoms with van der Waals surface area (Å²) in [5.74, 6) is 0.645. The van der Waals surface area contributed by atoms with Gasteiger partial charge in [0.25, 0.3) is 15.9 Å². The van der Waals surface area contributed by atoms with Gasteiger partial charge in [-0.25, -0.2) is 13.4 Å². The molecule has 0 atom stereocenters. The van der Waals surface area contributed by atoms with Gasteiger partial charge in [-0.2, -0.15) is 4.31 Å². The normalized spacial score (nSPS) is 15.0. The fraction of sp³-hybridized carbons (Fsp3) is 0.368. The smallest absolute Gasteiger partial charge is 0.253 e. The Morgan fingerprint density at radius 2 is 1.97 bits per heavy atom. The van der Waals surface area contributed by atoms with Crippen molar-refractivity contribution in [3.63, 3.8) is 0 Å². The molecule has 3 aromatic rings. The second-order valence-corrected chi connectivity index (χ2v) is 11.8. The van der Waals surface area contributed by atoms with Gasteiger partial charge in [0.2, 0.25) is 0 Å². The van der Waals surface area contributed by atoms with Crippen molar-refractivity contribution in [1.29, 1.82) is 0 Å². The van der Waals surface area contributed by atoms with Gasteiger partial charge in [0.1, 0.15) is 10.0 Å². The maximum atomic E-state index is 12.8. The lowest BCUT2D eigenvalue weighted by Gasteiger charge is -2.15. The predicted molar refractivity (Wildman–Crippen MR) is 117 cm³/mol. The molecular formula is C19H21BrN4O3S2. The summed E-state index contributed by atoms with van der Waals surface area (Å²) in [4.78, 5) is 19.1. The molecule has 1 amide bonds. The first-order chi connectivity index (χ1) is 13.8. The summed E-state index contributed by atoms with van der Waals surface area (Å²) in [6.45, 7) is 1.73. The van der Waals surface area contributed by atoms with Gasteiger partial charge in [-0.15, -0.1) is 11.3 Å². The molecule has 4 rings (SSSR count). The number of aryl methyl sites for hydroxylation is 1. The van der Waals surface area contributed by atoms with Crippen molar-refractivity contribution in [2.75, 3.05) is 20.1 Å². The maximum absolute atomic E-state index is 12.8. The zero-order valence-electron chi connectivity index (χ0n) is 16.1. The summed E-state index contributed by atoms with van der Waals surface area (Å²) >= 11 is 4.48. The third-order valence-corrected chi connectivity index (χ3v) is 9.09. The minimum Gasteiger partial charge on any atom is -0.339 e. The lowest BCUT2D eigenvalue weighted by atomic mass is 10.2. The number of hydrogen-bond donors (Lipinski definition) is 0. The van der Waals surface area contributed by atoms with Crippen LogP contribution in [0.25, 0.3) is 11.0 Å². The molecule has 0 aliphatic carbocycles. The molecule has 1 aromatic carbocycles. The van der Waals surface area contributed by atoms with Crippen molar-refractivity contribution in [2.24, 2.45) is 7.05 Å². The van der Waals surface area contributed by atoms with Crippen molar-refractivity contribution >= 4 is 54.2 Å². The summed E-state index contributed by atoms with van der Waals surface area (Å²) in [6.07, 6.45) is 2.09. The van der Waals surface area contributed by atoms with E-state index in [9.17, 15) is 13.2 Å². The van der Waals surface area contributed by atoms with E-state index in [-0.39, 0.29) is 16.7 Å². The number of benzene rings is 1. The Kier molecular flexibility index (Phi) is 5.54. The van der Waals surface area contributed by atoms with Gasteiger partial charge in [-0.3, -0.25) is 4.79 Å². The van der Waals surface area contributed by atoms with Crippen LogP contribution in [0.1, 0.15) is 29.0 Å². The summed E-state index contributed by atoms with van der Waals surface area (Å²) in [6, 6.07) is 8.80. The fourth-order valence-corrected chi connectivity index (χ4v) is 6.85. The van der Waals surface area contributed by atoms with Crippen LogP contribution in [0, 0.1) is 0 Å². The Hall–Kier alpha value is -1.75. The van der Waals surface area contributed by atoms with E-state index in [2.05, 4.69) is 20.9 Å². The van der Waals surface area contributed by atoms with Gasteiger partial charge in [0, 0.05) is 32.7 Å². The van der Waals surface area contributed by atoms with Gasteiger partial charge in [-0.05, 0) is 59.1 Å². The second kappa shape index (κ2) is 7.82. The van der Waals surface area contributed by atoms with E-state index < -0.39 is 10.0 Å². The number of halogens is 1. The molecule has 0 saturated carbocycles. The molecular weight excluding hydrogens is 476 g/mol. The standard InChI is InChI=1S/C19H21BrN4O3S2/c1-22(29(26,27)18-8-7-16(20)28-18)12-17-21-14-11-13(5-6-15(14)23(17)2)19(25)24-9-3-4-10-24/h5-8,11H,3-4,9-10,12H2,1-2H3. The van der Waals surface area contributed by atoms with Crippen molar-refractivity contribution in [3.8, 4) is 0 Å². The summed E-state index contributed by atoms with van der Waals surface area (Å²) in [7, 11) is -0.193. The van der Waals surface area contributed by atoms with Gasteiger partial charge in [0.05, 0.1) is 21.4 Å². The van der Waals surface area contributed by atoms with Crippen LogP contribution in [0.3, 0.4) is 0 Å². The largest absolute Gasteiger partial charge is 0.339 e. The van der Waals surface area contributed by atoms with Crippen molar-refractivity contribution in [3.05, 3.63) is 45.5 Å². The molecule has 1 fully saturated rings. The number of likely N-dealkylation sites (tertiary alicyclic amines) is 1. The third-order valence-electron chi connectivity index (χ3n) is 5.19. The summed E-state index contributed by atoms with van der Waals surface area (Å²) < 4.78 is 29.8. The first-order valence-corrected chi connectivity index (χ1v) is 12.3. The number of aromatic nitrogens is 2. The molecule has 2 aromatic heterocycles. The van der Waals surface area contributed by atoms with Crippen LogP contribution in [0.4, 0.5) is 0 Å². The third kappa shape index (κ3) is 3.86. The van der Waals surface area contributed by atoms with Crippen molar-refractivity contribution < 1.29 is 13.2 Å². The maximum Gasteiger partial charge on any atom is 0.253 e. The highest BCUT2D eigenvalue weighted by Gasteiger charge is 2.25. The number of thiophene rings is 1. The first kappa shape index (κ1) is 20.5. The molecule has 0 radical (unpaired) electrons. The zero-order chi connectivity index (χ0) is 20.8. The van der Waals surface area contributed by atoms with Crippen LogP contribution in [0.15, 0.2) is 38.3 Å². The number of amides is 1. The Morgan fingerprint density at radius 3 is 2.62 bits per heavy atom. The molecule has 1 saturated heterocycles. The van der Waals surface area contributed by atoms with Gasteiger partial charge >= 0.3 is 0 Å². The molecule has 0 bridgehead atoms. The average Bonchev–Trinajstić information content (AvgIpc) is 3.43. The molecule has 0 unspecified atom stereocenters. The van der Waals surface area contributed by atoms with E-state index in [0.717, 1.165) is 35.2 Å². The number of nitrogens with zero attached hydrogens (tertiary/aromatic N) is 4. The molecule has 10 heteroatoms. The minimum absolute atomic E-state index is 0.0274. The van der Waals surface area contributed by atoms with E-state index in [1.807, 2.05) is 28.6 Å². The number of sulfonamides is 1. The first-order valence-electron chi connectivity index (χ1n) is 9.23. The van der Waals surface area contributed by atoms with Crippen LogP contribution in [0.5, 0.6) is 0 Å². The van der Waals surface area contributed by atoms with E-state index in [1.165, 1.54) is 15.6 Å². The molecule has 3 heterocycles. The van der Waals surface area contributed by atoms with Crippen LogP contribution in [-0.4, -0.2) is 53.2 Å². The molecule has 7 nitrogen and oxygen atoms in total. The Bertz CT molecular complexity index is 1180. The van der Waals surface area contributed by atoms with Crippen LogP contribution >= 0.6 is 27.3 Å². The molecule has 0 spiro atoms. The number of rotatable bonds is 5. The van der Waals surface area contributed by atoms with Gasteiger partial charge < -0.3 is 9.47 Å². The number of hydrogen-bond acceptors (Lipinski definition) is 5. The number of fused-ring (bicyclic) bond motifs is 1. The lowest BCUT2D eigenvalue weighted by molar-refractivity contribution is 0.0793. The fourth-order valence-electron chi connectivity index (χ4n) is 3.50. The van der Waals surface area contributed by atoms with Crippen LogP contribution in [0.2, 0.25) is 0 Å². The average molecular weight is 497 g/mol. The molecule has 1 aliphatic rings. The lowest BCUT2D eigenvalue weighted by Crippen LogP contribution is -2.27. The Balaban J connectivity index is 1.61. The van der Waals surface area contributed by atoms with Crippen LogP contribution in [-0.2, 0) is 23.6 Å². The number of carbonyl (C=O) groups is 1.